The van der Waals surface area contributed by atoms with Crippen LogP contribution < -0.4 is 0 Å². The maximum Gasteiger partial charge on any atom is 0.120 e. The maximum atomic E-state index is 10.4. The van der Waals surface area contributed by atoms with Crippen LogP contribution in [0.15, 0.2) is 42.0 Å². The van der Waals surface area contributed by atoms with E-state index in [0.717, 1.165) is 24.7 Å². The lowest BCUT2D eigenvalue weighted by atomic mass is 10.0. The number of unbranched alkanes of at least 4 members (excludes halogenated alkanes) is 4. The monoisotopic (exact) mass is 268 g/mol. The molecule has 1 heteroatoms. The number of carbonyl (C=O) groups is 1. The van der Waals surface area contributed by atoms with Gasteiger partial charge in [-0.05, 0) is 37.0 Å². The number of hydrogen-bond donors (Lipinski definition) is 0. The van der Waals surface area contributed by atoms with Crippen LogP contribution in [0.25, 0.3) is 0 Å². The third-order valence-corrected chi connectivity index (χ3v) is 3.12. The number of rotatable bonds is 8. The second-order valence-corrected chi connectivity index (χ2v) is 4.90. The van der Waals surface area contributed by atoms with E-state index in [1.807, 2.05) is 30.3 Å². The lowest BCUT2D eigenvalue weighted by Crippen LogP contribution is -1.84. The Hall–Kier alpha value is -1.81. The van der Waals surface area contributed by atoms with E-state index in [9.17, 15) is 4.79 Å². The van der Waals surface area contributed by atoms with Crippen molar-refractivity contribution in [2.45, 2.75) is 51.9 Å². The average molecular weight is 268 g/mol. The second-order valence-electron chi connectivity index (χ2n) is 4.90. The summed E-state index contributed by atoms with van der Waals surface area (Å²) in [5.41, 5.74) is 2.22. The molecule has 106 valence electrons. The van der Waals surface area contributed by atoms with Gasteiger partial charge in [0.2, 0.25) is 0 Å². The maximum absolute atomic E-state index is 10.4. The standard InChI is InChI=1S/C19H24O/c1-2-3-4-6-11-19(14-9-10-17-20)16-15-18-12-7-5-8-13-18/h5,7-8,12-14,17H,2-4,6,9-11H2,1H3/b19-14-. The zero-order chi connectivity index (χ0) is 14.5. The molecule has 0 unspecified atom stereocenters. The van der Waals surface area contributed by atoms with Crippen molar-refractivity contribution in [3.05, 3.63) is 47.5 Å². The van der Waals surface area contributed by atoms with Crippen LogP contribution in [0.5, 0.6) is 0 Å². The van der Waals surface area contributed by atoms with E-state index in [1.165, 1.54) is 31.3 Å². The Morgan fingerprint density at radius 2 is 1.90 bits per heavy atom. The smallest absolute Gasteiger partial charge is 0.120 e. The van der Waals surface area contributed by atoms with Crippen LogP contribution in [0, 0.1) is 11.8 Å². The third-order valence-electron chi connectivity index (χ3n) is 3.12. The summed E-state index contributed by atoms with van der Waals surface area (Å²) >= 11 is 0. The molecule has 0 aromatic heterocycles. The quantitative estimate of drug-likeness (QED) is 0.372. The van der Waals surface area contributed by atoms with Crippen LogP contribution >= 0.6 is 0 Å². The average Bonchev–Trinajstić information content (AvgIpc) is 2.49. The Bertz CT molecular complexity index is 460. The van der Waals surface area contributed by atoms with E-state index >= 15 is 0 Å². The van der Waals surface area contributed by atoms with Crippen molar-refractivity contribution in [1.29, 1.82) is 0 Å². The van der Waals surface area contributed by atoms with Crippen LogP contribution in [-0.4, -0.2) is 6.29 Å². The Kier molecular flexibility index (Phi) is 8.98. The van der Waals surface area contributed by atoms with Crippen LogP contribution in [0.1, 0.15) is 57.4 Å². The summed E-state index contributed by atoms with van der Waals surface area (Å²) in [6.07, 6.45) is 10.5. The molecular formula is C19H24O. The molecule has 0 spiro atoms. The Labute approximate surface area is 123 Å². The summed E-state index contributed by atoms with van der Waals surface area (Å²) in [4.78, 5) is 10.4. The molecule has 0 bridgehead atoms. The van der Waals surface area contributed by atoms with E-state index in [2.05, 4.69) is 24.8 Å². The molecule has 1 rings (SSSR count). The molecule has 0 aliphatic heterocycles. The molecule has 0 fully saturated rings. The van der Waals surface area contributed by atoms with Gasteiger partial charge >= 0.3 is 0 Å². The highest BCUT2D eigenvalue weighted by Crippen LogP contribution is 2.11. The number of aldehydes is 1. The number of allylic oxidation sites excluding steroid dienone is 2. The predicted octanol–water partition coefficient (Wildman–Crippen LogP) is 4.91. The summed E-state index contributed by atoms with van der Waals surface area (Å²) in [5.74, 6) is 6.47. The van der Waals surface area contributed by atoms with E-state index in [1.54, 1.807) is 0 Å². The van der Waals surface area contributed by atoms with Gasteiger partial charge in [-0.2, -0.15) is 0 Å². The molecule has 0 heterocycles. The van der Waals surface area contributed by atoms with Crippen LogP contribution in [0.4, 0.5) is 0 Å². The molecular weight excluding hydrogens is 244 g/mol. The molecule has 0 saturated heterocycles. The van der Waals surface area contributed by atoms with Gasteiger partial charge in [-0.15, -0.1) is 0 Å². The molecule has 0 aliphatic carbocycles. The van der Waals surface area contributed by atoms with Gasteiger partial charge in [0, 0.05) is 12.0 Å². The molecule has 0 radical (unpaired) electrons. The minimum absolute atomic E-state index is 0.589. The van der Waals surface area contributed by atoms with Crippen molar-refractivity contribution >= 4 is 6.29 Å². The summed E-state index contributed by atoms with van der Waals surface area (Å²) < 4.78 is 0. The molecule has 0 N–H and O–H groups in total. The summed E-state index contributed by atoms with van der Waals surface area (Å²) in [7, 11) is 0. The summed E-state index contributed by atoms with van der Waals surface area (Å²) in [6, 6.07) is 10.0. The number of benzene rings is 1. The topological polar surface area (TPSA) is 17.1 Å². The van der Waals surface area contributed by atoms with Crippen LogP contribution in [0.2, 0.25) is 0 Å². The Balaban J connectivity index is 2.60. The van der Waals surface area contributed by atoms with Gasteiger partial charge in [-0.25, -0.2) is 0 Å². The fraction of sp³-hybridized carbons (Fsp3) is 0.421. The molecule has 1 aromatic carbocycles. The fourth-order valence-corrected chi connectivity index (χ4v) is 1.96. The summed E-state index contributed by atoms with van der Waals surface area (Å²) in [6.45, 7) is 2.22. The molecule has 0 aliphatic rings. The van der Waals surface area contributed by atoms with E-state index in [4.69, 9.17) is 0 Å². The van der Waals surface area contributed by atoms with Crippen molar-refractivity contribution in [2.24, 2.45) is 0 Å². The van der Waals surface area contributed by atoms with Crippen molar-refractivity contribution in [3.8, 4) is 11.8 Å². The first-order valence-electron chi connectivity index (χ1n) is 7.56. The molecule has 0 atom stereocenters. The molecule has 0 saturated carbocycles. The highest BCUT2D eigenvalue weighted by molar-refractivity contribution is 5.49. The van der Waals surface area contributed by atoms with E-state index in [-0.39, 0.29) is 0 Å². The zero-order valence-corrected chi connectivity index (χ0v) is 12.4. The fourth-order valence-electron chi connectivity index (χ4n) is 1.96. The highest BCUT2D eigenvalue weighted by atomic mass is 16.1. The van der Waals surface area contributed by atoms with Crippen LogP contribution in [0.3, 0.4) is 0 Å². The Morgan fingerprint density at radius 3 is 2.60 bits per heavy atom. The largest absolute Gasteiger partial charge is 0.303 e. The minimum atomic E-state index is 0.589. The minimum Gasteiger partial charge on any atom is -0.303 e. The highest BCUT2D eigenvalue weighted by Gasteiger charge is 1.95. The van der Waals surface area contributed by atoms with Gasteiger partial charge in [0.15, 0.2) is 0 Å². The predicted molar refractivity (Wildman–Crippen MR) is 85.5 cm³/mol. The van der Waals surface area contributed by atoms with Gasteiger partial charge in [0.25, 0.3) is 0 Å². The van der Waals surface area contributed by atoms with Crippen molar-refractivity contribution < 1.29 is 4.79 Å². The molecule has 1 nitrogen and oxygen atoms in total. The first-order chi connectivity index (χ1) is 9.86. The number of carbonyl (C=O) groups excluding carboxylic acids is 1. The molecule has 0 amide bonds. The van der Waals surface area contributed by atoms with E-state index in [0.29, 0.717) is 6.42 Å². The van der Waals surface area contributed by atoms with Gasteiger partial charge in [0.1, 0.15) is 6.29 Å². The van der Waals surface area contributed by atoms with Crippen molar-refractivity contribution in [3.63, 3.8) is 0 Å². The lowest BCUT2D eigenvalue weighted by molar-refractivity contribution is -0.107. The zero-order valence-electron chi connectivity index (χ0n) is 12.4. The van der Waals surface area contributed by atoms with Gasteiger partial charge in [-0.1, -0.05) is 62.3 Å². The SMILES string of the molecule is CCCCCC/C(C#Cc1ccccc1)=C/CCC=O. The third kappa shape index (κ3) is 7.59. The summed E-state index contributed by atoms with van der Waals surface area (Å²) in [5, 5.41) is 0. The van der Waals surface area contributed by atoms with Crippen molar-refractivity contribution in [2.75, 3.05) is 0 Å². The first-order valence-corrected chi connectivity index (χ1v) is 7.56. The van der Waals surface area contributed by atoms with Crippen molar-refractivity contribution in [1.82, 2.24) is 0 Å². The second kappa shape index (κ2) is 11.1. The van der Waals surface area contributed by atoms with Gasteiger partial charge in [0.05, 0.1) is 0 Å². The molecule has 20 heavy (non-hydrogen) atoms. The van der Waals surface area contributed by atoms with Crippen LogP contribution in [-0.2, 0) is 4.79 Å². The molecule has 1 aromatic rings. The number of hydrogen-bond acceptors (Lipinski definition) is 1. The van der Waals surface area contributed by atoms with E-state index < -0.39 is 0 Å². The first kappa shape index (κ1) is 16.2. The lowest BCUT2D eigenvalue weighted by Gasteiger charge is -2.00. The normalized spacial score (nSPS) is 10.8. The Morgan fingerprint density at radius 1 is 1.10 bits per heavy atom. The van der Waals surface area contributed by atoms with Gasteiger partial charge < -0.3 is 4.79 Å². The van der Waals surface area contributed by atoms with Gasteiger partial charge in [-0.3, -0.25) is 0 Å².